The number of benzene rings is 1. The lowest BCUT2D eigenvalue weighted by molar-refractivity contribution is 0.0931. The van der Waals surface area contributed by atoms with Crippen LogP contribution < -0.4 is 15.4 Å². The normalized spacial score (nSPS) is 24.8. The van der Waals surface area contributed by atoms with Crippen LogP contribution in [0.3, 0.4) is 0 Å². The van der Waals surface area contributed by atoms with E-state index in [1.165, 1.54) is 6.42 Å². The van der Waals surface area contributed by atoms with Crippen LogP contribution in [0.2, 0.25) is 5.15 Å². The average Bonchev–Trinajstić information content (AvgIpc) is 3.18. The Bertz CT molecular complexity index is 750. The molecule has 0 saturated carbocycles. The molecule has 124 valence electrons. The molecule has 3 atom stereocenters. The summed E-state index contributed by atoms with van der Waals surface area (Å²) in [7, 11) is 0. The molecular formula is C18H18ClN3O2. The first kappa shape index (κ1) is 15.4. The summed E-state index contributed by atoms with van der Waals surface area (Å²) in [4.78, 5) is 16.3. The van der Waals surface area contributed by atoms with Crippen molar-refractivity contribution in [3.8, 4) is 11.5 Å². The fourth-order valence-corrected chi connectivity index (χ4v) is 3.66. The van der Waals surface area contributed by atoms with Crippen LogP contribution >= 0.6 is 11.6 Å². The van der Waals surface area contributed by atoms with Crippen molar-refractivity contribution in [3.05, 3.63) is 53.3 Å². The van der Waals surface area contributed by atoms with E-state index in [0.717, 1.165) is 12.8 Å². The van der Waals surface area contributed by atoms with Gasteiger partial charge in [-0.1, -0.05) is 11.6 Å². The Morgan fingerprint density at radius 2 is 2.04 bits per heavy atom. The predicted molar refractivity (Wildman–Crippen MR) is 91.6 cm³/mol. The van der Waals surface area contributed by atoms with E-state index in [1.807, 2.05) is 0 Å². The number of nitrogens with zero attached hydrogens (tertiary/aromatic N) is 1. The first-order valence-electron chi connectivity index (χ1n) is 8.14. The molecule has 2 aliphatic heterocycles. The standard InChI is InChI=1S/C18H18ClN3O2/c19-17-10-14(7-8-20-17)24-13-4-1-11(2-5-13)18(23)22-16-9-12-3-6-15(16)21-12/h1-2,4-5,7-8,10,12,15-16,21H,3,6,9H2,(H,22,23). The third-order valence-corrected chi connectivity index (χ3v) is 4.87. The van der Waals surface area contributed by atoms with Crippen molar-refractivity contribution in [3.63, 3.8) is 0 Å². The Kier molecular flexibility index (Phi) is 4.12. The second-order valence-corrected chi connectivity index (χ2v) is 6.69. The van der Waals surface area contributed by atoms with Gasteiger partial charge in [-0.25, -0.2) is 4.98 Å². The van der Waals surface area contributed by atoms with Crippen LogP contribution in [0.5, 0.6) is 11.5 Å². The minimum atomic E-state index is -0.0344. The number of carbonyl (C=O) groups is 1. The molecule has 6 heteroatoms. The molecule has 2 bridgehead atoms. The highest BCUT2D eigenvalue weighted by molar-refractivity contribution is 6.29. The quantitative estimate of drug-likeness (QED) is 0.837. The molecule has 2 saturated heterocycles. The van der Waals surface area contributed by atoms with E-state index < -0.39 is 0 Å². The Morgan fingerprint density at radius 1 is 1.21 bits per heavy atom. The third-order valence-electron chi connectivity index (χ3n) is 4.67. The first-order chi connectivity index (χ1) is 11.7. The van der Waals surface area contributed by atoms with E-state index in [2.05, 4.69) is 15.6 Å². The molecule has 4 rings (SSSR count). The van der Waals surface area contributed by atoms with Gasteiger partial charge in [-0.2, -0.15) is 0 Å². The molecule has 1 amide bonds. The zero-order chi connectivity index (χ0) is 16.5. The topological polar surface area (TPSA) is 63.2 Å². The maximum absolute atomic E-state index is 12.4. The highest BCUT2D eigenvalue weighted by atomic mass is 35.5. The molecule has 1 aromatic carbocycles. The summed E-state index contributed by atoms with van der Waals surface area (Å²) in [5.74, 6) is 1.23. The van der Waals surface area contributed by atoms with Gasteiger partial charge in [0, 0.05) is 36.0 Å². The van der Waals surface area contributed by atoms with Crippen LogP contribution in [-0.4, -0.2) is 29.0 Å². The van der Waals surface area contributed by atoms with E-state index in [1.54, 1.807) is 42.6 Å². The summed E-state index contributed by atoms with van der Waals surface area (Å²) in [6.45, 7) is 0. The molecule has 2 aromatic rings. The van der Waals surface area contributed by atoms with Gasteiger partial charge in [0.1, 0.15) is 16.7 Å². The van der Waals surface area contributed by atoms with Gasteiger partial charge in [0.2, 0.25) is 0 Å². The molecule has 2 aliphatic rings. The molecule has 1 aromatic heterocycles. The lowest BCUT2D eigenvalue weighted by Gasteiger charge is -2.21. The van der Waals surface area contributed by atoms with Crippen LogP contribution in [0.4, 0.5) is 0 Å². The number of rotatable bonds is 4. The number of aromatic nitrogens is 1. The number of amides is 1. The van der Waals surface area contributed by atoms with E-state index in [0.29, 0.717) is 34.3 Å². The minimum Gasteiger partial charge on any atom is -0.457 e. The number of carbonyl (C=O) groups excluding carboxylic acids is 1. The number of halogens is 1. The van der Waals surface area contributed by atoms with Gasteiger partial charge in [0.05, 0.1) is 0 Å². The molecule has 2 fully saturated rings. The van der Waals surface area contributed by atoms with Crippen LogP contribution in [0.25, 0.3) is 0 Å². The maximum Gasteiger partial charge on any atom is 0.251 e. The largest absolute Gasteiger partial charge is 0.457 e. The minimum absolute atomic E-state index is 0.0344. The summed E-state index contributed by atoms with van der Waals surface area (Å²) in [6, 6.07) is 11.7. The Labute approximate surface area is 145 Å². The summed E-state index contributed by atoms with van der Waals surface area (Å²) in [5, 5.41) is 7.04. The third kappa shape index (κ3) is 3.23. The van der Waals surface area contributed by atoms with Gasteiger partial charge >= 0.3 is 0 Å². The van der Waals surface area contributed by atoms with E-state index in [-0.39, 0.29) is 11.9 Å². The average molecular weight is 344 g/mol. The van der Waals surface area contributed by atoms with Crippen molar-refractivity contribution in [2.45, 2.75) is 37.4 Å². The fourth-order valence-electron chi connectivity index (χ4n) is 3.49. The van der Waals surface area contributed by atoms with E-state index in [4.69, 9.17) is 16.3 Å². The van der Waals surface area contributed by atoms with Crippen molar-refractivity contribution >= 4 is 17.5 Å². The Hall–Kier alpha value is -2.11. The molecule has 2 N–H and O–H groups in total. The number of hydrogen-bond donors (Lipinski definition) is 2. The predicted octanol–water partition coefficient (Wildman–Crippen LogP) is 3.15. The molecule has 3 heterocycles. The van der Waals surface area contributed by atoms with Gasteiger partial charge < -0.3 is 15.4 Å². The fraction of sp³-hybridized carbons (Fsp3) is 0.333. The molecule has 0 radical (unpaired) electrons. The molecule has 0 spiro atoms. The van der Waals surface area contributed by atoms with Crippen molar-refractivity contribution in [2.75, 3.05) is 0 Å². The van der Waals surface area contributed by atoms with Gasteiger partial charge in [0.25, 0.3) is 5.91 Å². The highest BCUT2D eigenvalue weighted by Gasteiger charge is 2.39. The number of fused-ring (bicyclic) bond motifs is 2. The van der Waals surface area contributed by atoms with Gasteiger partial charge in [-0.05, 0) is 49.6 Å². The van der Waals surface area contributed by atoms with Gasteiger partial charge in [0.15, 0.2) is 0 Å². The number of nitrogens with one attached hydrogen (secondary N) is 2. The van der Waals surface area contributed by atoms with E-state index >= 15 is 0 Å². The summed E-state index contributed by atoms with van der Waals surface area (Å²) >= 11 is 5.84. The zero-order valence-electron chi connectivity index (χ0n) is 13.0. The van der Waals surface area contributed by atoms with E-state index in [9.17, 15) is 4.79 Å². The highest BCUT2D eigenvalue weighted by Crippen LogP contribution is 2.28. The van der Waals surface area contributed by atoms with Gasteiger partial charge in [-0.15, -0.1) is 0 Å². The number of hydrogen-bond acceptors (Lipinski definition) is 4. The summed E-state index contributed by atoms with van der Waals surface area (Å²) in [5.41, 5.74) is 0.637. The smallest absolute Gasteiger partial charge is 0.251 e. The second-order valence-electron chi connectivity index (χ2n) is 6.30. The van der Waals surface area contributed by atoms with Crippen LogP contribution in [0, 0.1) is 0 Å². The van der Waals surface area contributed by atoms with Crippen molar-refractivity contribution in [2.24, 2.45) is 0 Å². The first-order valence-corrected chi connectivity index (χ1v) is 8.51. The Morgan fingerprint density at radius 3 is 2.71 bits per heavy atom. The molecule has 24 heavy (non-hydrogen) atoms. The lowest BCUT2D eigenvalue weighted by atomic mass is 9.95. The molecule has 5 nitrogen and oxygen atoms in total. The second kappa shape index (κ2) is 6.42. The van der Waals surface area contributed by atoms with Crippen molar-refractivity contribution in [1.29, 1.82) is 0 Å². The molecule has 3 unspecified atom stereocenters. The van der Waals surface area contributed by atoms with Gasteiger partial charge in [-0.3, -0.25) is 4.79 Å². The monoisotopic (exact) mass is 343 g/mol. The lowest BCUT2D eigenvalue weighted by Crippen LogP contribution is -2.42. The van der Waals surface area contributed by atoms with Crippen molar-refractivity contribution < 1.29 is 9.53 Å². The van der Waals surface area contributed by atoms with Crippen LogP contribution in [-0.2, 0) is 0 Å². The summed E-state index contributed by atoms with van der Waals surface area (Å²) < 4.78 is 5.70. The Balaban J connectivity index is 1.39. The maximum atomic E-state index is 12.4. The van der Waals surface area contributed by atoms with Crippen LogP contribution in [0.1, 0.15) is 29.6 Å². The van der Waals surface area contributed by atoms with Crippen molar-refractivity contribution in [1.82, 2.24) is 15.6 Å². The number of pyridine rings is 1. The zero-order valence-corrected chi connectivity index (χ0v) is 13.8. The molecular weight excluding hydrogens is 326 g/mol. The van der Waals surface area contributed by atoms with Crippen LogP contribution in [0.15, 0.2) is 42.6 Å². The molecule has 0 aliphatic carbocycles. The number of ether oxygens (including phenoxy) is 1. The SMILES string of the molecule is O=C(NC1CC2CCC1N2)c1ccc(Oc2ccnc(Cl)c2)cc1. The summed E-state index contributed by atoms with van der Waals surface area (Å²) in [6.07, 6.45) is 4.99.